The fraction of sp³-hybridized carbons (Fsp3) is 0.0833. The van der Waals surface area contributed by atoms with Crippen LogP contribution in [-0.4, -0.2) is 21.6 Å². The van der Waals surface area contributed by atoms with Gasteiger partial charge in [0.25, 0.3) is 0 Å². The summed E-state index contributed by atoms with van der Waals surface area (Å²) in [5.41, 5.74) is 0. The Bertz CT molecular complexity index is 580. The van der Waals surface area contributed by atoms with Crippen molar-refractivity contribution in [2.24, 2.45) is 0 Å². The van der Waals surface area contributed by atoms with E-state index in [1.54, 1.807) is 0 Å². The van der Waals surface area contributed by atoms with Crippen LogP contribution >= 0.6 is 43.6 Å². The van der Waals surface area contributed by atoms with Crippen LogP contribution in [0.4, 0.5) is 5.82 Å². The fourth-order valence-corrected chi connectivity index (χ4v) is 2.89. The summed E-state index contributed by atoms with van der Waals surface area (Å²) in [5, 5.41) is 2.71. The van der Waals surface area contributed by atoms with Crippen LogP contribution < -0.4 is 5.32 Å². The van der Waals surface area contributed by atoms with Gasteiger partial charge in [0.2, 0.25) is 5.91 Å². The molecule has 19 heavy (non-hydrogen) atoms. The quantitative estimate of drug-likeness (QED) is 0.791. The zero-order valence-electron chi connectivity index (χ0n) is 9.64. The Balaban J connectivity index is 1.91. The number of hydrogen-bond acceptors (Lipinski definition) is 4. The molecule has 0 aliphatic rings. The largest absolute Gasteiger partial charge is 0.308 e. The van der Waals surface area contributed by atoms with Gasteiger partial charge in [0, 0.05) is 4.90 Å². The van der Waals surface area contributed by atoms with E-state index in [4.69, 9.17) is 0 Å². The highest BCUT2D eigenvalue weighted by Gasteiger charge is 2.08. The number of aromatic nitrogens is 2. The van der Waals surface area contributed by atoms with Gasteiger partial charge in [-0.3, -0.25) is 4.79 Å². The number of carbonyl (C=O) groups is 1. The third-order valence-electron chi connectivity index (χ3n) is 2.07. The zero-order chi connectivity index (χ0) is 13.7. The van der Waals surface area contributed by atoms with Crippen LogP contribution in [0.1, 0.15) is 0 Å². The van der Waals surface area contributed by atoms with E-state index < -0.39 is 0 Å². The number of hydrogen-bond donors (Lipinski definition) is 1. The molecule has 2 aromatic rings. The Kier molecular flexibility index (Phi) is 5.35. The minimum atomic E-state index is -0.119. The number of amides is 1. The predicted octanol–water partition coefficient (Wildman–Crippen LogP) is 3.73. The van der Waals surface area contributed by atoms with Gasteiger partial charge in [0.1, 0.15) is 9.21 Å². The zero-order valence-corrected chi connectivity index (χ0v) is 13.6. The van der Waals surface area contributed by atoms with Crippen LogP contribution in [0.5, 0.6) is 0 Å². The van der Waals surface area contributed by atoms with Gasteiger partial charge in [-0.05, 0) is 44.0 Å². The topological polar surface area (TPSA) is 54.9 Å². The third kappa shape index (κ3) is 4.59. The van der Waals surface area contributed by atoms with Gasteiger partial charge in [-0.1, -0.05) is 18.2 Å². The Hall–Kier alpha value is -0.920. The van der Waals surface area contributed by atoms with Crippen molar-refractivity contribution in [2.45, 2.75) is 4.90 Å². The van der Waals surface area contributed by atoms with Crippen molar-refractivity contribution < 1.29 is 4.79 Å². The maximum absolute atomic E-state index is 11.8. The molecule has 0 radical (unpaired) electrons. The summed E-state index contributed by atoms with van der Waals surface area (Å²) in [6, 6.07) is 9.76. The summed E-state index contributed by atoms with van der Waals surface area (Å²) in [6.07, 6.45) is 1.53. The molecule has 1 amide bonds. The Morgan fingerprint density at radius 2 is 2.00 bits per heavy atom. The fourth-order valence-electron chi connectivity index (χ4n) is 1.26. The van der Waals surface area contributed by atoms with Crippen molar-refractivity contribution >= 4 is 55.3 Å². The number of halogens is 2. The van der Waals surface area contributed by atoms with Crippen LogP contribution in [0.25, 0.3) is 0 Å². The molecule has 4 nitrogen and oxygen atoms in total. The lowest BCUT2D eigenvalue weighted by atomic mass is 10.4. The molecule has 0 atom stereocenters. The summed E-state index contributed by atoms with van der Waals surface area (Å²) in [5.74, 6) is 0.627. The first-order valence-corrected chi connectivity index (χ1v) is 7.88. The molecule has 1 aromatic carbocycles. The molecule has 0 spiro atoms. The van der Waals surface area contributed by atoms with Gasteiger partial charge in [-0.2, -0.15) is 0 Å². The summed E-state index contributed by atoms with van der Waals surface area (Å²) in [6.45, 7) is 0. The van der Waals surface area contributed by atoms with Gasteiger partial charge in [-0.25, -0.2) is 9.97 Å². The Morgan fingerprint density at radius 1 is 1.26 bits per heavy atom. The molecule has 0 saturated heterocycles. The summed E-state index contributed by atoms with van der Waals surface area (Å²) in [7, 11) is 0. The van der Waals surface area contributed by atoms with Crippen molar-refractivity contribution in [1.82, 2.24) is 9.97 Å². The van der Waals surface area contributed by atoms with Crippen molar-refractivity contribution in [3.05, 3.63) is 45.7 Å². The highest BCUT2D eigenvalue weighted by molar-refractivity contribution is 9.11. The van der Waals surface area contributed by atoms with E-state index in [1.807, 2.05) is 30.3 Å². The van der Waals surface area contributed by atoms with Crippen LogP contribution in [0.15, 0.2) is 50.6 Å². The second-order valence-corrected chi connectivity index (χ2v) is 6.09. The smallest absolute Gasteiger partial charge is 0.235 e. The highest BCUT2D eigenvalue weighted by atomic mass is 79.9. The second-order valence-electron chi connectivity index (χ2n) is 3.48. The number of rotatable bonds is 4. The van der Waals surface area contributed by atoms with Crippen molar-refractivity contribution in [2.75, 3.05) is 11.1 Å². The molecule has 1 N–H and O–H groups in total. The van der Waals surface area contributed by atoms with Crippen molar-refractivity contribution in [3.8, 4) is 0 Å². The number of thioether (sulfide) groups is 1. The van der Waals surface area contributed by atoms with Crippen LogP contribution in [0, 0.1) is 0 Å². The first-order chi connectivity index (χ1) is 9.15. The molecule has 98 valence electrons. The summed E-state index contributed by atoms with van der Waals surface area (Å²) >= 11 is 7.92. The molecule has 0 saturated carbocycles. The van der Waals surface area contributed by atoms with E-state index in [9.17, 15) is 4.79 Å². The van der Waals surface area contributed by atoms with Crippen molar-refractivity contribution in [3.63, 3.8) is 0 Å². The lowest BCUT2D eigenvalue weighted by Gasteiger charge is -2.05. The van der Waals surface area contributed by atoms with Crippen LogP contribution in [0.3, 0.4) is 0 Å². The van der Waals surface area contributed by atoms with Gasteiger partial charge in [0.15, 0.2) is 5.82 Å². The molecule has 0 aliphatic heterocycles. The summed E-state index contributed by atoms with van der Waals surface area (Å²) in [4.78, 5) is 21.0. The van der Waals surface area contributed by atoms with E-state index in [1.165, 1.54) is 18.0 Å². The number of anilines is 1. The maximum atomic E-state index is 11.8. The first kappa shape index (κ1) is 14.5. The molecule has 0 bridgehead atoms. The number of benzene rings is 1. The maximum Gasteiger partial charge on any atom is 0.235 e. The Morgan fingerprint density at radius 3 is 2.68 bits per heavy atom. The molecule has 2 rings (SSSR count). The van der Waals surface area contributed by atoms with E-state index >= 15 is 0 Å². The molecule has 0 aliphatic carbocycles. The van der Waals surface area contributed by atoms with Gasteiger partial charge < -0.3 is 5.32 Å². The normalized spacial score (nSPS) is 10.2. The van der Waals surface area contributed by atoms with E-state index in [-0.39, 0.29) is 5.91 Å². The molecule has 1 aromatic heterocycles. The predicted molar refractivity (Wildman–Crippen MR) is 83.2 cm³/mol. The SMILES string of the molecule is O=C(CSc1ccccc1)Nc1ncc(Br)nc1Br. The third-order valence-corrected chi connectivity index (χ3v) is 4.02. The molecule has 0 fully saturated rings. The number of nitrogens with zero attached hydrogens (tertiary/aromatic N) is 2. The molecular weight excluding hydrogens is 394 g/mol. The lowest BCUT2D eigenvalue weighted by Crippen LogP contribution is -2.15. The highest BCUT2D eigenvalue weighted by Crippen LogP contribution is 2.21. The van der Waals surface area contributed by atoms with Gasteiger partial charge in [0.05, 0.1) is 11.9 Å². The number of carbonyl (C=O) groups excluding carboxylic acids is 1. The van der Waals surface area contributed by atoms with Gasteiger partial charge >= 0.3 is 0 Å². The second kappa shape index (κ2) is 7.02. The Labute approximate surface area is 131 Å². The van der Waals surface area contributed by atoms with Crippen LogP contribution in [0.2, 0.25) is 0 Å². The van der Waals surface area contributed by atoms with E-state index in [0.29, 0.717) is 20.8 Å². The molecule has 0 unspecified atom stereocenters. The minimum Gasteiger partial charge on any atom is -0.308 e. The molecule has 7 heteroatoms. The standard InChI is InChI=1S/C12H9Br2N3OS/c13-9-6-15-12(11(14)16-9)17-10(18)7-19-8-4-2-1-3-5-8/h1-6H,7H2,(H,15,17,18). The summed E-state index contributed by atoms with van der Waals surface area (Å²) < 4.78 is 1.11. The average molecular weight is 403 g/mol. The first-order valence-electron chi connectivity index (χ1n) is 5.31. The van der Waals surface area contributed by atoms with E-state index in [0.717, 1.165) is 4.90 Å². The minimum absolute atomic E-state index is 0.119. The lowest BCUT2D eigenvalue weighted by molar-refractivity contribution is -0.113. The van der Waals surface area contributed by atoms with Crippen LogP contribution in [-0.2, 0) is 4.79 Å². The molecule has 1 heterocycles. The number of nitrogens with one attached hydrogen (secondary N) is 1. The van der Waals surface area contributed by atoms with Gasteiger partial charge in [-0.15, -0.1) is 11.8 Å². The average Bonchev–Trinajstić information content (AvgIpc) is 2.41. The van der Waals surface area contributed by atoms with Crippen molar-refractivity contribution in [1.29, 1.82) is 0 Å². The van der Waals surface area contributed by atoms with E-state index in [2.05, 4.69) is 47.1 Å². The monoisotopic (exact) mass is 401 g/mol. The molecular formula is C12H9Br2N3OS.